The number of nitrogens with zero attached hydrogens (tertiary/aromatic N) is 5. The first-order chi connectivity index (χ1) is 24.7. The van der Waals surface area contributed by atoms with E-state index < -0.39 is 26.1 Å². The molecule has 15 heteroatoms. The molecule has 0 atom stereocenters. The number of benzene rings is 3. The maximum Gasteiger partial charge on any atom is 0.374 e. The average Bonchev–Trinajstić information content (AvgIpc) is 3.59. The second-order valence-corrected chi connectivity index (χ2v) is 15.3. The summed E-state index contributed by atoms with van der Waals surface area (Å²) in [6.45, 7) is 12.8. The Labute approximate surface area is 311 Å². The van der Waals surface area contributed by atoms with Crippen molar-refractivity contribution < 1.29 is 34.9 Å². The molecule has 0 saturated heterocycles. The van der Waals surface area contributed by atoms with E-state index in [2.05, 4.69) is 25.7 Å². The van der Waals surface area contributed by atoms with Gasteiger partial charge in [-0.3, -0.25) is 4.55 Å². The first-order valence-electron chi connectivity index (χ1n) is 17.0. The minimum absolute atomic E-state index is 0.142. The lowest BCUT2D eigenvalue weighted by atomic mass is 10.1. The Morgan fingerprint density at radius 3 is 2.19 bits per heavy atom. The minimum atomic E-state index is -4.71. The molecule has 0 aliphatic carbocycles. The summed E-state index contributed by atoms with van der Waals surface area (Å²) in [6, 6.07) is 20.6. The molecule has 0 radical (unpaired) electrons. The molecule has 0 unspecified atom stereocenters. The number of hydrogen-bond acceptors (Lipinski definition) is 10. The van der Waals surface area contributed by atoms with Gasteiger partial charge in [-0.25, -0.2) is 8.42 Å². The fourth-order valence-corrected chi connectivity index (χ4v) is 7.33. The topological polar surface area (TPSA) is 162 Å². The lowest BCUT2D eigenvalue weighted by molar-refractivity contribution is -0.678. The maximum absolute atomic E-state index is 11.9. The van der Waals surface area contributed by atoms with Crippen LogP contribution in [-0.2, 0) is 26.8 Å². The molecule has 278 valence electrons. The van der Waals surface area contributed by atoms with E-state index in [0.717, 1.165) is 16.6 Å². The number of fused-ring (bicyclic) bond motifs is 2. The van der Waals surface area contributed by atoms with E-state index in [1.54, 1.807) is 29.2 Å². The fraction of sp³-hybridized carbons (Fsp3) is 0.351. The number of nitriles is 1. The molecule has 0 saturated carbocycles. The zero-order chi connectivity index (χ0) is 38.1. The van der Waals surface area contributed by atoms with E-state index >= 15 is 0 Å². The molecule has 0 spiro atoms. The van der Waals surface area contributed by atoms with Crippen molar-refractivity contribution in [2.45, 2.75) is 47.1 Å². The van der Waals surface area contributed by atoms with Gasteiger partial charge in [-0.1, -0.05) is 68.8 Å². The van der Waals surface area contributed by atoms with Gasteiger partial charge < -0.3 is 23.7 Å². The molecular formula is C37H44ClN5O7S2. The fourth-order valence-electron chi connectivity index (χ4n) is 5.98. The molecule has 0 amide bonds. The van der Waals surface area contributed by atoms with Crippen molar-refractivity contribution in [1.29, 1.82) is 5.26 Å². The van der Waals surface area contributed by atoms with Gasteiger partial charge in [0.1, 0.15) is 27.9 Å². The molecule has 52 heavy (non-hydrogen) atoms. The number of unbranched alkanes of at least 4 members (excludes halogenated alkanes) is 1. The van der Waals surface area contributed by atoms with Crippen molar-refractivity contribution in [3.05, 3.63) is 95.1 Å². The predicted octanol–water partition coefficient (Wildman–Crippen LogP) is 6.63. The number of hydrogen-bond donors (Lipinski definition) is 1. The molecule has 5 rings (SSSR count). The van der Waals surface area contributed by atoms with E-state index in [9.17, 15) is 26.7 Å². The van der Waals surface area contributed by atoms with Crippen molar-refractivity contribution >= 4 is 60.4 Å². The molecule has 2 heterocycles. The van der Waals surface area contributed by atoms with Gasteiger partial charge >= 0.3 is 5.89 Å². The monoisotopic (exact) mass is 769 g/mol. The van der Waals surface area contributed by atoms with E-state index in [-0.39, 0.29) is 22.8 Å². The number of halogens is 1. The van der Waals surface area contributed by atoms with Crippen LogP contribution in [0.3, 0.4) is 0 Å². The summed E-state index contributed by atoms with van der Waals surface area (Å²) in [5.41, 5.74) is 4.39. The van der Waals surface area contributed by atoms with Crippen LogP contribution in [0.15, 0.2) is 83.1 Å². The highest BCUT2D eigenvalue weighted by Crippen LogP contribution is 2.44. The Balaban J connectivity index is 0.000000785. The third-order valence-corrected chi connectivity index (χ3v) is 10.3. The smallest absolute Gasteiger partial charge is 0.374 e. The first kappa shape index (κ1) is 40.5. The van der Waals surface area contributed by atoms with Crippen LogP contribution in [-0.4, -0.2) is 68.6 Å². The normalized spacial score (nSPS) is 13.9. The third kappa shape index (κ3) is 10.4. The zero-order valence-electron chi connectivity index (χ0n) is 29.7. The molecule has 1 aliphatic heterocycles. The number of rotatable bonds is 14. The Bertz CT molecular complexity index is 2170. The summed E-state index contributed by atoms with van der Waals surface area (Å²) in [5.74, 6) is -0.394. The molecule has 1 N–H and O–H groups in total. The van der Waals surface area contributed by atoms with Crippen LogP contribution in [0.1, 0.15) is 52.0 Å². The van der Waals surface area contributed by atoms with Crippen LogP contribution in [0.2, 0.25) is 5.02 Å². The summed E-state index contributed by atoms with van der Waals surface area (Å²) in [6.07, 6.45) is 5.66. The van der Waals surface area contributed by atoms with Crippen LogP contribution >= 0.6 is 11.6 Å². The summed E-state index contributed by atoms with van der Waals surface area (Å²) in [5, 5.41) is 9.68. The summed E-state index contributed by atoms with van der Waals surface area (Å²) >= 11 is 6.28. The molecular weight excluding hydrogens is 726 g/mol. The molecule has 0 fully saturated rings. The third-order valence-electron chi connectivity index (χ3n) is 8.62. The second kappa shape index (κ2) is 18.0. The van der Waals surface area contributed by atoms with E-state index in [1.165, 1.54) is 30.6 Å². The summed E-state index contributed by atoms with van der Waals surface area (Å²) < 4.78 is 75.5. The lowest BCUT2D eigenvalue weighted by Gasteiger charge is -2.25. The van der Waals surface area contributed by atoms with Crippen LogP contribution in [0.5, 0.6) is 0 Å². The second-order valence-electron chi connectivity index (χ2n) is 11.9. The Morgan fingerprint density at radius 2 is 1.62 bits per heavy atom. The maximum atomic E-state index is 11.9. The van der Waals surface area contributed by atoms with Gasteiger partial charge in [-0.2, -0.15) is 18.2 Å². The van der Waals surface area contributed by atoms with Gasteiger partial charge in [-0.05, 0) is 74.5 Å². The van der Waals surface area contributed by atoms with Gasteiger partial charge in [0.15, 0.2) is 6.54 Å². The first-order valence-corrected chi connectivity index (χ1v) is 20.6. The lowest BCUT2D eigenvalue weighted by Crippen LogP contribution is -2.35. The van der Waals surface area contributed by atoms with Crippen molar-refractivity contribution in [2.24, 2.45) is 0 Å². The average molecular weight is 770 g/mol. The standard InChI is InChI=1S/C31H29ClN4O7S2.C6H15N/c1-2-34-27-19-25(32)24(20-33)18-26(27)36(21-45(40,41)42)30(34)11-8-12-31-35(15-6-7-16-44(37,38)39)28-17-23(13-14-29(28)43-31)22-9-4-3-5-10-22;1-4-7(5-2)6-3/h3-5,8-14,17-19H,2,6-7,15-16,21H2,1H3,(H-,37,38,39,40,41,42);4-6H2,1-3H3. The summed E-state index contributed by atoms with van der Waals surface area (Å²) in [7, 11) is -8.81. The molecule has 4 aromatic rings. The Hall–Kier alpha value is -4.23. The molecule has 12 nitrogen and oxygen atoms in total. The highest BCUT2D eigenvalue weighted by atomic mass is 35.5. The van der Waals surface area contributed by atoms with Crippen LogP contribution in [0, 0.1) is 11.3 Å². The molecule has 1 aliphatic rings. The van der Waals surface area contributed by atoms with Crippen molar-refractivity contribution in [2.75, 3.05) is 47.6 Å². The Morgan fingerprint density at radius 1 is 0.942 bits per heavy atom. The highest BCUT2D eigenvalue weighted by molar-refractivity contribution is 7.86. The van der Waals surface area contributed by atoms with Gasteiger partial charge in [0.2, 0.25) is 5.58 Å². The Kier molecular flexibility index (Phi) is 14.0. The van der Waals surface area contributed by atoms with Crippen LogP contribution in [0.4, 0.5) is 11.4 Å². The van der Waals surface area contributed by atoms with Gasteiger partial charge in [0.05, 0.1) is 33.8 Å². The van der Waals surface area contributed by atoms with E-state index in [4.69, 9.17) is 20.6 Å². The molecule has 1 aromatic heterocycles. The van der Waals surface area contributed by atoms with Crippen LogP contribution < -0.4 is 14.4 Å². The molecule has 3 aromatic carbocycles. The SMILES string of the molecule is CCN(CC)CC.CCN1C(=CC=Cc2oc3ccc(-c4ccccc4)cc3[n+]2CCCCS(=O)(=O)O)N(CS(=O)(=O)[O-])c2cc(C#N)c(Cl)cc21. The highest BCUT2D eigenvalue weighted by Gasteiger charge is 2.32. The summed E-state index contributed by atoms with van der Waals surface area (Å²) in [4.78, 5) is 5.49. The largest absolute Gasteiger partial charge is 0.747 e. The van der Waals surface area contributed by atoms with Crippen molar-refractivity contribution in [1.82, 2.24) is 4.90 Å². The number of allylic oxidation sites excluding steroid dienone is 2. The zero-order valence-corrected chi connectivity index (χ0v) is 32.1. The number of aromatic nitrogens is 1. The van der Waals surface area contributed by atoms with Gasteiger partial charge in [0, 0.05) is 19.0 Å². The van der Waals surface area contributed by atoms with Crippen molar-refractivity contribution in [3.8, 4) is 17.2 Å². The van der Waals surface area contributed by atoms with Gasteiger partial charge in [-0.15, -0.1) is 0 Å². The van der Waals surface area contributed by atoms with Gasteiger partial charge in [0.25, 0.3) is 15.6 Å². The molecule has 0 bridgehead atoms. The number of aryl methyl sites for hydroxylation is 1. The predicted molar refractivity (Wildman–Crippen MR) is 204 cm³/mol. The minimum Gasteiger partial charge on any atom is -0.747 e. The number of anilines is 2. The quantitative estimate of drug-likeness (QED) is 0.0832. The number of oxazole rings is 1. The van der Waals surface area contributed by atoms with Crippen molar-refractivity contribution in [3.63, 3.8) is 0 Å². The van der Waals surface area contributed by atoms with E-state index in [1.807, 2.05) is 66.1 Å². The van der Waals surface area contributed by atoms with E-state index in [0.29, 0.717) is 48.2 Å². The van der Waals surface area contributed by atoms with Crippen LogP contribution in [0.25, 0.3) is 28.3 Å².